The number of rotatable bonds is 7. The van der Waals surface area contributed by atoms with E-state index in [-0.39, 0.29) is 23.8 Å². The SMILES string of the molecule is Cc1cc(=O)oc2cc(NC(=O)CCCN(C)S(=O)(=O)c3ccc(F)cc3)ccc12. The van der Waals surface area contributed by atoms with Gasteiger partial charge >= 0.3 is 5.63 Å². The van der Waals surface area contributed by atoms with Gasteiger partial charge in [0.1, 0.15) is 11.4 Å². The first-order chi connectivity index (χ1) is 14.2. The Morgan fingerprint density at radius 3 is 2.53 bits per heavy atom. The minimum atomic E-state index is -3.75. The Hall–Kier alpha value is -3.04. The number of sulfonamides is 1. The Labute approximate surface area is 173 Å². The maximum atomic E-state index is 13.0. The number of anilines is 1. The van der Waals surface area contributed by atoms with Crippen molar-refractivity contribution in [2.24, 2.45) is 0 Å². The van der Waals surface area contributed by atoms with Crippen LogP contribution in [0, 0.1) is 12.7 Å². The molecule has 0 spiro atoms. The van der Waals surface area contributed by atoms with E-state index in [1.54, 1.807) is 25.1 Å². The third-order valence-corrected chi connectivity index (χ3v) is 6.50. The number of carbonyl (C=O) groups excluding carboxylic acids is 1. The lowest BCUT2D eigenvalue weighted by molar-refractivity contribution is -0.116. The van der Waals surface area contributed by atoms with E-state index >= 15 is 0 Å². The lowest BCUT2D eigenvalue weighted by Crippen LogP contribution is -2.28. The van der Waals surface area contributed by atoms with E-state index in [1.165, 1.54) is 25.2 Å². The van der Waals surface area contributed by atoms with Gasteiger partial charge in [-0.05, 0) is 55.3 Å². The highest BCUT2D eigenvalue weighted by Crippen LogP contribution is 2.21. The number of nitrogens with one attached hydrogen (secondary N) is 1. The van der Waals surface area contributed by atoms with Crippen molar-refractivity contribution in [2.75, 3.05) is 18.9 Å². The van der Waals surface area contributed by atoms with Crippen molar-refractivity contribution in [1.82, 2.24) is 4.31 Å². The van der Waals surface area contributed by atoms with Crippen molar-refractivity contribution in [2.45, 2.75) is 24.7 Å². The molecule has 1 N–H and O–H groups in total. The summed E-state index contributed by atoms with van der Waals surface area (Å²) in [4.78, 5) is 23.7. The summed E-state index contributed by atoms with van der Waals surface area (Å²) < 4.78 is 44.2. The lowest BCUT2D eigenvalue weighted by Gasteiger charge is -2.17. The topological polar surface area (TPSA) is 96.7 Å². The van der Waals surface area contributed by atoms with Crippen molar-refractivity contribution in [3.05, 3.63) is 70.3 Å². The fourth-order valence-electron chi connectivity index (χ4n) is 3.00. The average Bonchev–Trinajstić information content (AvgIpc) is 2.67. The van der Waals surface area contributed by atoms with E-state index in [1.807, 2.05) is 0 Å². The van der Waals surface area contributed by atoms with Crippen LogP contribution in [0.1, 0.15) is 18.4 Å². The molecule has 9 heteroatoms. The minimum Gasteiger partial charge on any atom is -0.423 e. The first-order valence-electron chi connectivity index (χ1n) is 9.23. The molecule has 0 aliphatic heterocycles. The number of benzene rings is 2. The minimum absolute atomic E-state index is 0.0104. The monoisotopic (exact) mass is 432 g/mol. The van der Waals surface area contributed by atoms with E-state index in [9.17, 15) is 22.4 Å². The number of nitrogens with zero attached hydrogens (tertiary/aromatic N) is 1. The summed E-state index contributed by atoms with van der Waals surface area (Å²) in [5.74, 6) is -0.812. The molecule has 7 nitrogen and oxygen atoms in total. The van der Waals surface area contributed by atoms with Crippen LogP contribution in [-0.2, 0) is 14.8 Å². The van der Waals surface area contributed by atoms with Crippen LogP contribution in [0.15, 0.2) is 62.6 Å². The molecule has 3 aromatic rings. The first kappa shape index (κ1) is 21.7. The summed E-state index contributed by atoms with van der Waals surface area (Å²) in [7, 11) is -2.35. The summed E-state index contributed by atoms with van der Waals surface area (Å²) in [6.45, 7) is 1.92. The van der Waals surface area contributed by atoms with Crippen LogP contribution in [0.4, 0.5) is 10.1 Å². The van der Waals surface area contributed by atoms with Gasteiger partial charge in [0, 0.05) is 43.2 Å². The van der Waals surface area contributed by atoms with Gasteiger partial charge in [-0.3, -0.25) is 4.79 Å². The summed E-state index contributed by atoms with van der Waals surface area (Å²) in [5, 5.41) is 3.49. The Morgan fingerprint density at radius 2 is 1.83 bits per heavy atom. The molecular formula is C21H21FN2O5S. The van der Waals surface area contributed by atoms with Gasteiger partial charge in [0.05, 0.1) is 4.90 Å². The number of carbonyl (C=O) groups is 1. The van der Waals surface area contributed by atoms with Gasteiger partial charge in [0.25, 0.3) is 0 Å². The average molecular weight is 432 g/mol. The van der Waals surface area contributed by atoms with Gasteiger partial charge < -0.3 is 9.73 Å². The molecule has 0 bridgehead atoms. The Kier molecular flexibility index (Phi) is 6.33. The summed E-state index contributed by atoms with van der Waals surface area (Å²) in [6.07, 6.45) is 0.392. The van der Waals surface area contributed by atoms with Crippen LogP contribution in [-0.4, -0.2) is 32.2 Å². The van der Waals surface area contributed by atoms with E-state index < -0.39 is 21.5 Å². The second-order valence-electron chi connectivity index (χ2n) is 6.89. The fraction of sp³-hybridized carbons (Fsp3) is 0.238. The zero-order valence-corrected chi connectivity index (χ0v) is 17.3. The van der Waals surface area contributed by atoms with Crippen molar-refractivity contribution in [3.8, 4) is 0 Å². The highest BCUT2D eigenvalue weighted by Gasteiger charge is 2.20. The molecule has 2 aromatic carbocycles. The largest absolute Gasteiger partial charge is 0.423 e. The van der Waals surface area contributed by atoms with Gasteiger partial charge in [-0.2, -0.15) is 0 Å². The van der Waals surface area contributed by atoms with Crippen molar-refractivity contribution < 1.29 is 22.0 Å². The zero-order valence-electron chi connectivity index (χ0n) is 16.5. The number of hydrogen-bond donors (Lipinski definition) is 1. The van der Waals surface area contributed by atoms with Crippen molar-refractivity contribution in [3.63, 3.8) is 0 Å². The van der Waals surface area contributed by atoms with Gasteiger partial charge in [-0.25, -0.2) is 21.9 Å². The molecule has 3 rings (SSSR count). The van der Waals surface area contributed by atoms with Crippen LogP contribution < -0.4 is 10.9 Å². The molecule has 0 unspecified atom stereocenters. The molecule has 0 fully saturated rings. The fourth-order valence-corrected chi connectivity index (χ4v) is 4.20. The number of hydrogen-bond acceptors (Lipinski definition) is 5. The zero-order chi connectivity index (χ0) is 21.9. The second kappa shape index (κ2) is 8.76. The van der Waals surface area contributed by atoms with Gasteiger partial charge in [-0.1, -0.05) is 0 Å². The molecule has 30 heavy (non-hydrogen) atoms. The molecular weight excluding hydrogens is 411 g/mol. The van der Waals surface area contributed by atoms with Gasteiger partial charge in [-0.15, -0.1) is 0 Å². The molecule has 0 atom stereocenters. The smallest absolute Gasteiger partial charge is 0.336 e. The maximum Gasteiger partial charge on any atom is 0.336 e. The van der Waals surface area contributed by atoms with E-state index in [0.29, 0.717) is 17.7 Å². The van der Waals surface area contributed by atoms with Crippen molar-refractivity contribution >= 4 is 32.6 Å². The van der Waals surface area contributed by atoms with E-state index in [4.69, 9.17) is 4.42 Å². The van der Waals surface area contributed by atoms with Crippen molar-refractivity contribution in [1.29, 1.82) is 0 Å². The number of fused-ring (bicyclic) bond motifs is 1. The lowest BCUT2D eigenvalue weighted by atomic mass is 10.1. The Morgan fingerprint density at radius 1 is 1.13 bits per heavy atom. The third-order valence-electron chi connectivity index (χ3n) is 4.63. The van der Waals surface area contributed by atoms with Crippen LogP contribution in [0.25, 0.3) is 11.0 Å². The molecule has 1 amide bonds. The molecule has 0 saturated heterocycles. The molecule has 0 radical (unpaired) electrons. The molecule has 1 aromatic heterocycles. The normalized spacial score (nSPS) is 11.7. The number of aryl methyl sites for hydroxylation is 1. The van der Waals surface area contributed by atoms with Gasteiger partial charge in [0.15, 0.2) is 0 Å². The standard InChI is InChI=1S/C21H21FN2O5S/c1-14-12-21(26)29-19-13-16(7-10-18(14)19)23-20(25)4-3-11-24(2)30(27,28)17-8-5-15(22)6-9-17/h5-10,12-13H,3-4,11H2,1-2H3,(H,23,25). The predicted octanol–water partition coefficient (Wildman–Crippen LogP) is 3.28. The summed E-state index contributed by atoms with van der Waals surface area (Å²) >= 11 is 0. The predicted molar refractivity (Wildman–Crippen MR) is 111 cm³/mol. The summed E-state index contributed by atoms with van der Waals surface area (Å²) in [5.41, 5.74) is 1.18. The van der Waals surface area contributed by atoms with E-state index in [2.05, 4.69) is 5.32 Å². The van der Waals surface area contributed by atoms with Crippen LogP contribution >= 0.6 is 0 Å². The Balaban J connectivity index is 1.57. The van der Waals surface area contributed by atoms with Crippen LogP contribution in [0.5, 0.6) is 0 Å². The third kappa shape index (κ3) is 4.92. The van der Waals surface area contributed by atoms with E-state index in [0.717, 1.165) is 27.4 Å². The van der Waals surface area contributed by atoms with Crippen LogP contribution in [0.3, 0.4) is 0 Å². The number of halogens is 1. The second-order valence-corrected chi connectivity index (χ2v) is 8.94. The highest BCUT2D eigenvalue weighted by molar-refractivity contribution is 7.89. The molecule has 0 saturated carbocycles. The highest BCUT2D eigenvalue weighted by atomic mass is 32.2. The number of amides is 1. The molecule has 0 aliphatic carbocycles. The quantitative estimate of drug-likeness (QED) is 0.578. The molecule has 0 aliphatic rings. The first-order valence-corrected chi connectivity index (χ1v) is 10.7. The summed E-state index contributed by atoms with van der Waals surface area (Å²) in [6, 6.07) is 11.0. The van der Waals surface area contributed by atoms with Crippen LogP contribution in [0.2, 0.25) is 0 Å². The van der Waals surface area contributed by atoms with Gasteiger partial charge in [0.2, 0.25) is 15.9 Å². The molecule has 158 valence electrons. The maximum absolute atomic E-state index is 13.0. The Bertz CT molecular complexity index is 1240. The molecule has 1 heterocycles.